The molecule has 1 atom stereocenters. The summed E-state index contributed by atoms with van der Waals surface area (Å²) in [6.45, 7) is 0. The van der Waals surface area contributed by atoms with E-state index in [1.165, 1.54) is 35.8 Å². The standard InChI is InChI=1S/C16H18O2S/c17-16(18)14(9-11-3-1-2-4-11)12-5-6-15-13(10-12)7-8-19-15/h5-8,10-11,14H,1-4,9H2,(H,17,18). The van der Waals surface area contributed by atoms with Crippen molar-refractivity contribution in [2.24, 2.45) is 5.92 Å². The first kappa shape index (κ1) is 12.7. The van der Waals surface area contributed by atoms with E-state index in [4.69, 9.17) is 0 Å². The Hall–Kier alpha value is -1.35. The minimum absolute atomic E-state index is 0.340. The maximum Gasteiger partial charge on any atom is 0.310 e. The zero-order valence-electron chi connectivity index (χ0n) is 10.8. The van der Waals surface area contributed by atoms with E-state index in [1.807, 2.05) is 6.07 Å². The number of fused-ring (bicyclic) bond motifs is 1. The molecule has 0 radical (unpaired) electrons. The van der Waals surface area contributed by atoms with Gasteiger partial charge in [-0.3, -0.25) is 4.79 Å². The zero-order valence-corrected chi connectivity index (χ0v) is 11.7. The molecule has 1 N–H and O–H groups in total. The summed E-state index contributed by atoms with van der Waals surface area (Å²) >= 11 is 1.70. The van der Waals surface area contributed by atoms with Crippen molar-refractivity contribution in [3.05, 3.63) is 35.2 Å². The molecule has 0 aliphatic heterocycles. The van der Waals surface area contributed by atoms with E-state index in [0.29, 0.717) is 5.92 Å². The number of aliphatic carboxylic acids is 1. The molecule has 0 amide bonds. The highest BCUT2D eigenvalue weighted by Crippen LogP contribution is 2.35. The number of thiophene rings is 1. The van der Waals surface area contributed by atoms with Crippen molar-refractivity contribution in [3.63, 3.8) is 0 Å². The van der Waals surface area contributed by atoms with Crippen LogP contribution in [-0.4, -0.2) is 11.1 Å². The third-order valence-corrected chi connectivity index (χ3v) is 5.12. The number of carboxylic acids is 1. The maximum absolute atomic E-state index is 11.6. The van der Waals surface area contributed by atoms with Gasteiger partial charge in [0.2, 0.25) is 0 Å². The predicted octanol–water partition coefficient (Wildman–Crippen LogP) is 4.65. The summed E-state index contributed by atoms with van der Waals surface area (Å²) in [5.41, 5.74) is 0.963. The molecule has 1 aliphatic rings. The van der Waals surface area contributed by atoms with E-state index in [2.05, 4.69) is 23.6 Å². The zero-order chi connectivity index (χ0) is 13.2. The van der Waals surface area contributed by atoms with Crippen LogP contribution in [0.25, 0.3) is 10.1 Å². The molecule has 1 aromatic heterocycles. The van der Waals surface area contributed by atoms with Gasteiger partial charge >= 0.3 is 5.97 Å². The number of carbonyl (C=O) groups is 1. The molecule has 1 saturated carbocycles. The second kappa shape index (κ2) is 5.33. The molecule has 1 fully saturated rings. The van der Waals surface area contributed by atoms with E-state index in [9.17, 15) is 9.90 Å². The third-order valence-electron chi connectivity index (χ3n) is 4.22. The van der Waals surface area contributed by atoms with Gasteiger partial charge in [0, 0.05) is 4.70 Å². The first-order chi connectivity index (χ1) is 9.24. The van der Waals surface area contributed by atoms with Crippen LogP contribution in [0.4, 0.5) is 0 Å². The van der Waals surface area contributed by atoms with Crippen LogP contribution in [-0.2, 0) is 4.79 Å². The van der Waals surface area contributed by atoms with Crippen LogP contribution < -0.4 is 0 Å². The quantitative estimate of drug-likeness (QED) is 0.881. The van der Waals surface area contributed by atoms with Crippen molar-refractivity contribution in [2.75, 3.05) is 0 Å². The summed E-state index contributed by atoms with van der Waals surface area (Å²) < 4.78 is 1.23. The SMILES string of the molecule is O=C(O)C(CC1CCCC1)c1ccc2sccc2c1. The second-order valence-electron chi connectivity index (χ2n) is 5.49. The molecule has 1 heterocycles. The molecule has 2 aromatic rings. The summed E-state index contributed by atoms with van der Waals surface area (Å²) in [4.78, 5) is 11.6. The molecular weight excluding hydrogens is 256 g/mol. The smallest absolute Gasteiger partial charge is 0.310 e. The van der Waals surface area contributed by atoms with Gasteiger partial charge in [0.1, 0.15) is 0 Å². The largest absolute Gasteiger partial charge is 0.481 e. The fourth-order valence-electron chi connectivity index (χ4n) is 3.16. The van der Waals surface area contributed by atoms with E-state index in [-0.39, 0.29) is 5.92 Å². The molecule has 3 heteroatoms. The lowest BCUT2D eigenvalue weighted by Gasteiger charge is -2.17. The molecule has 1 aromatic carbocycles. The lowest BCUT2D eigenvalue weighted by Crippen LogP contribution is -2.15. The van der Waals surface area contributed by atoms with E-state index < -0.39 is 5.97 Å². The Balaban J connectivity index is 1.87. The van der Waals surface area contributed by atoms with Crippen molar-refractivity contribution in [3.8, 4) is 0 Å². The first-order valence-electron chi connectivity index (χ1n) is 6.94. The van der Waals surface area contributed by atoms with Crippen molar-refractivity contribution in [1.29, 1.82) is 0 Å². The average Bonchev–Trinajstić information content (AvgIpc) is 3.05. The molecule has 0 bridgehead atoms. The highest BCUT2D eigenvalue weighted by molar-refractivity contribution is 7.17. The normalized spacial score (nSPS) is 17.9. The Bertz CT molecular complexity index is 581. The lowest BCUT2D eigenvalue weighted by molar-refractivity contribution is -0.139. The van der Waals surface area contributed by atoms with Gasteiger partial charge in [-0.15, -0.1) is 11.3 Å². The maximum atomic E-state index is 11.6. The van der Waals surface area contributed by atoms with E-state index >= 15 is 0 Å². The monoisotopic (exact) mass is 274 g/mol. The van der Waals surface area contributed by atoms with Gasteiger partial charge < -0.3 is 5.11 Å². The summed E-state index contributed by atoms with van der Waals surface area (Å²) in [5, 5.41) is 12.7. The number of carboxylic acid groups (broad SMARTS) is 1. The molecule has 19 heavy (non-hydrogen) atoms. The second-order valence-corrected chi connectivity index (χ2v) is 6.44. The highest BCUT2D eigenvalue weighted by Gasteiger charge is 2.26. The topological polar surface area (TPSA) is 37.3 Å². The summed E-state index contributed by atoms with van der Waals surface area (Å²) in [6, 6.07) is 8.17. The summed E-state index contributed by atoms with van der Waals surface area (Å²) in [6.07, 6.45) is 5.72. The van der Waals surface area contributed by atoms with E-state index in [1.54, 1.807) is 11.3 Å². The van der Waals surface area contributed by atoms with Crippen LogP contribution >= 0.6 is 11.3 Å². The van der Waals surface area contributed by atoms with Crippen LogP contribution in [0.3, 0.4) is 0 Å². The van der Waals surface area contributed by atoms with E-state index in [0.717, 1.165) is 12.0 Å². The fourth-order valence-corrected chi connectivity index (χ4v) is 3.93. The average molecular weight is 274 g/mol. The fraction of sp³-hybridized carbons (Fsp3) is 0.438. The van der Waals surface area contributed by atoms with Crippen LogP contribution in [0.15, 0.2) is 29.6 Å². The molecule has 3 rings (SSSR count). The Labute approximate surface area is 117 Å². The summed E-state index contributed by atoms with van der Waals surface area (Å²) in [7, 11) is 0. The van der Waals surface area contributed by atoms with Gasteiger partial charge in [0.15, 0.2) is 0 Å². The summed E-state index contributed by atoms with van der Waals surface area (Å²) in [5.74, 6) is -0.423. The van der Waals surface area contributed by atoms with Crippen molar-refractivity contribution < 1.29 is 9.90 Å². The van der Waals surface area contributed by atoms with Gasteiger partial charge in [0.05, 0.1) is 5.92 Å². The molecule has 0 spiro atoms. The predicted molar refractivity (Wildman–Crippen MR) is 78.8 cm³/mol. The van der Waals surface area contributed by atoms with Crippen LogP contribution in [0, 0.1) is 5.92 Å². The van der Waals surface area contributed by atoms with Gasteiger partial charge in [-0.25, -0.2) is 0 Å². The number of rotatable bonds is 4. The number of hydrogen-bond donors (Lipinski definition) is 1. The first-order valence-corrected chi connectivity index (χ1v) is 7.82. The van der Waals surface area contributed by atoms with Crippen molar-refractivity contribution in [2.45, 2.75) is 38.0 Å². The Kier molecular flexibility index (Phi) is 3.56. The minimum atomic E-state index is -0.679. The molecular formula is C16H18O2S. The minimum Gasteiger partial charge on any atom is -0.481 e. The lowest BCUT2D eigenvalue weighted by atomic mass is 9.87. The molecule has 1 unspecified atom stereocenters. The van der Waals surface area contributed by atoms with Crippen molar-refractivity contribution >= 4 is 27.4 Å². The Morgan fingerprint density at radius 1 is 1.32 bits per heavy atom. The van der Waals surface area contributed by atoms with Crippen LogP contribution in [0.5, 0.6) is 0 Å². The van der Waals surface area contributed by atoms with Gasteiger partial charge in [-0.05, 0) is 46.9 Å². The molecule has 100 valence electrons. The molecule has 2 nitrogen and oxygen atoms in total. The van der Waals surface area contributed by atoms with Gasteiger partial charge in [-0.1, -0.05) is 31.7 Å². The third kappa shape index (κ3) is 2.66. The molecule has 0 saturated heterocycles. The van der Waals surface area contributed by atoms with Crippen molar-refractivity contribution in [1.82, 2.24) is 0 Å². The Morgan fingerprint density at radius 3 is 2.84 bits per heavy atom. The van der Waals surface area contributed by atoms with Gasteiger partial charge in [-0.2, -0.15) is 0 Å². The number of hydrogen-bond acceptors (Lipinski definition) is 2. The Morgan fingerprint density at radius 2 is 2.11 bits per heavy atom. The number of benzene rings is 1. The van der Waals surface area contributed by atoms with Gasteiger partial charge in [0.25, 0.3) is 0 Å². The van der Waals surface area contributed by atoms with Crippen LogP contribution in [0.1, 0.15) is 43.6 Å². The highest BCUT2D eigenvalue weighted by atomic mass is 32.1. The molecule has 1 aliphatic carbocycles. The van der Waals surface area contributed by atoms with Crippen LogP contribution in [0.2, 0.25) is 0 Å².